The third-order valence-corrected chi connectivity index (χ3v) is 6.83. The van der Waals surface area contributed by atoms with Crippen molar-refractivity contribution in [3.8, 4) is 17.2 Å². The Hall–Kier alpha value is -3.47. The standard InChI is InChI=1S/C26H37N3O7S/c1-18(2)15-27-26(31)19(3)28(16-20-8-10-21(34-4)11-9-20)25(30)17-29(37(7,32)33)23-13-12-22(35-5)14-24(23)36-6/h8-14,18-19H,15-17H2,1-7H3,(H,27,31)/t19-/m1/s1. The number of benzene rings is 2. The second-order valence-electron chi connectivity index (χ2n) is 8.99. The van der Waals surface area contributed by atoms with Crippen LogP contribution in [0.2, 0.25) is 0 Å². The van der Waals surface area contributed by atoms with E-state index in [1.165, 1.54) is 31.3 Å². The number of sulfonamides is 1. The molecule has 0 unspecified atom stereocenters. The summed E-state index contributed by atoms with van der Waals surface area (Å²) in [5.74, 6) is 0.693. The van der Waals surface area contributed by atoms with Gasteiger partial charge in [0.15, 0.2) is 0 Å². The van der Waals surface area contributed by atoms with Crippen LogP contribution in [-0.2, 0) is 26.2 Å². The first-order valence-electron chi connectivity index (χ1n) is 11.8. The van der Waals surface area contributed by atoms with E-state index in [9.17, 15) is 18.0 Å². The fourth-order valence-corrected chi connectivity index (χ4v) is 4.40. The number of carbonyl (C=O) groups excluding carboxylic acids is 2. The first-order chi connectivity index (χ1) is 17.4. The van der Waals surface area contributed by atoms with Gasteiger partial charge in [-0.2, -0.15) is 0 Å². The number of nitrogens with zero attached hydrogens (tertiary/aromatic N) is 2. The van der Waals surface area contributed by atoms with Gasteiger partial charge in [-0.25, -0.2) is 8.42 Å². The highest BCUT2D eigenvalue weighted by Crippen LogP contribution is 2.33. The van der Waals surface area contributed by atoms with E-state index < -0.39 is 28.5 Å². The van der Waals surface area contributed by atoms with Gasteiger partial charge < -0.3 is 24.4 Å². The Morgan fingerprint density at radius 2 is 1.51 bits per heavy atom. The molecule has 0 bridgehead atoms. The fourth-order valence-electron chi connectivity index (χ4n) is 3.55. The van der Waals surface area contributed by atoms with Crippen LogP contribution >= 0.6 is 0 Å². The number of hydrogen-bond acceptors (Lipinski definition) is 7. The Bertz CT molecular complexity index is 1170. The number of anilines is 1. The number of hydrogen-bond donors (Lipinski definition) is 1. The SMILES string of the molecule is COc1ccc(CN(C(=O)CN(c2ccc(OC)cc2OC)S(C)(=O)=O)[C@H](C)C(=O)NCC(C)C)cc1. The van der Waals surface area contributed by atoms with E-state index in [2.05, 4.69) is 5.32 Å². The summed E-state index contributed by atoms with van der Waals surface area (Å²) >= 11 is 0. The van der Waals surface area contributed by atoms with Gasteiger partial charge in [-0.1, -0.05) is 26.0 Å². The van der Waals surface area contributed by atoms with Crippen molar-refractivity contribution in [3.63, 3.8) is 0 Å². The summed E-state index contributed by atoms with van der Waals surface area (Å²) in [6, 6.07) is 10.9. The Labute approximate surface area is 219 Å². The van der Waals surface area contributed by atoms with E-state index in [1.807, 2.05) is 13.8 Å². The Kier molecular flexibility index (Phi) is 10.6. The molecule has 2 rings (SSSR count). The third-order valence-electron chi connectivity index (χ3n) is 5.70. The van der Waals surface area contributed by atoms with Gasteiger partial charge in [0.25, 0.3) is 0 Å². The van der Waals surface area contributed by atoms with Gasteiger partial charge in [0, 0.05) is 19.2 Å². The van der Waals surface area contributed by atoms with Gasteiger partial charge in [0.05, 0.1) is 33.3 Å². The Morgan fingerprint density at radius 3 is 2.03 bits per heavy atom. The van der Waals surface area contributed by atoms with Crippen LogP contribution < -0.4 is 23.8 Å². The number of carbonyl (C=O) groups is 2. The summed E-state index contributed by atoms with van der Waals surface area (Å²) in [4.78, 5) is 27.9. The van der Waals surface area contributed by atoms with Gasteiger partial charge >= 0.3 is 0 Å². The van der Waals surface area contributed by atoms with Crippen molar-refractivity contribution >= 4 is 27.5 Å². The van der Waals surface area contributed by atoms with Crippen LogP contribution in [-0.4, -0.2) is 71.8 Å². The fraction of sp³-hybridized carbons (Fsp3) is 0.462. The molecule has 0 spiro atoms. The summed E-state index contributed by atoms with van der Waals surface area (Å²) < 4.78 is 42.3. The van der Waals surface area contributed by atoms with E-state index in [-0.39, 0.29) is 29.8 Å². The molecule has 0 aliphatic rings. The lowest BCUT2D eigenvalue weighted by Gasteiger charge is -2.32. The second kappa shape index (κ2) is 13.2. The molecule has 1 atom stereocenters. The monoisotopic (exact) mass is 535 g/mol. The number of rotatable bonds is 13. The average molecular weight is 536 g/mol. The van der Waals surface area contributed by atoms with Crippen LogP contribution in [0, 0.1) is 5.92 Å². The molecule has 2 amide bonds. The summed E-state index contributed by atoms with van der Waals surface area (Å²) in [5.41, 5.74) is 0.936. The molecule has 2 aromatic carbocycles. The van der Waals surface area contributed by atoms with Crippen molar-refractivity contribution in [1.29, 1.82) is 0 Å². The highest BCUT2D eigenvalue weighted by Gasteiger charge is 2.31. The van der Waals surface area contributed by atoms with E-state index in [0.717, 1.165) is 16.1 Å². The second-order valence-corrected chi connectivity index (χ2v) is 10.9. The summed E-state index contributed by atoms with van der Waals surface area (Å²) in [5, 5.41) is 2.85. The van der Waals surface area contributed by atoms with Crippen LogP contribution in [0.25, 0.3) is 0 Å². The lowest BCUT2D eigenvalue weighted by atomic mass is 10.1. The quantitative estimate of drug-likeness (QED) is 0.419. The van der Waals surface area contributed by atoms with Gasteiger partial charge in [0.1, 0.15) is 29.8 Å². The minimum Gasteiger partial charge on any atom is -0.497 e. The minimum atomic E-state index is -3.90. The summed E-state index contributed by atoms with van der Waals surface area (Å²) in [6.07, 6.45) is 1.01. The molecular formula is C26H37N3O7S. The minimum absolute atomic E-state index is 0.0937. The van der Waals surface area contributed by atoms with Crippen molar-refractivity contribution in [3.05, 3.63) is 48.0 Å². The van der Waals surface area contributed by atoms with Crippen LogP contribution in [0.15, 0.2) is 42.5 Å². The number of amides is 2. The van der Waals surface area contributed by atoms with E-state index in [4.69, 9.17) is 14.2 Å². The summed E-state index contributed by atoms with van der Waals surface area (Å²) in [7, 11) is 0.536. The summed E-state index contributed by atoms with van der Waals surface area (Å²) in [6.45, 7) is 5.58. The number of methoxy groups -OCH3 is 3. The van der Waals surface area contributed by atoms with Gasteiger partial charge in [0.2, 0.25) is 21.8 Å². The van der Waals surface area contributed by atoms with Crippen molar-refractivity contribution in [2.75, 3.05) is 45.0 Å². The molecule has 0 heterocycles. The van der Waals surface area contributed by atoms with Crippen molar-refractivity contribution < 1.29 is 32.2 Å². The zero-order chi connectivity index (χ0) is 27.8. The molecule has 10 nitrogen and oxygen atoms in total. The van der Waals surface area contributed by atoms with E-state index >= 15 is 0 Å². The highest BCUT2D eigenvalue weighted by atomic mass is 32.2. The average Bonchev–Trinajstić information content (AvgIpc) is 2.87. The molecule has 204 valence electrons. The zero-order valence-corrected chi connectivity index (χ0v) is 23.3. The molecule has 0 saturated heterocycles. The van der Waals surface area contributed by atoms with Crippen LogP contribution in [0.4, 0.5) is 5.69 Å². The molecule has 0 aromatic heterocycles. The van der Waals surface area contributed by atoms with Crippen molar-refractivity contribution in [2.24, 2.45) is 5.92 Å². The first-order valence-corrected chi connectivity index (χ1v) is 13.7. The maximum atomic E-state index is 13.7. The van der Waals surface area contributed by atoms with Crippen LogP contribution in [0.1, 0.15) is 26.3 Å². The molecule has 0 aliphatic carbocycles. The molecule has 2 aromatic rings. The number of ether oxygens (including phenoxy) is 3. The topological polar surface area (TPSA) is 114 Å². The lowest BCUT2D eigenvalue weighted by Crippen LogP contribution is -2.51. The highest BCUT2D eigenvalue weighted by molar-refractivity contribution is 7.92. The van der Waals surface area contributed by atoms with Crippen molar-refractivity contribution in [1.82, 2.24) is 10.2 Å². The maximum absolute atomic E-state index is 13.7. The molecule has 11 heteroatoms. The van der Waals surface area contributed by atoms with Gasteiger partial charge in [-0.05, 0) is 42.7 Å². The van der Waals surface area contributed by atoms with E-state index in [1.54, 1.807) is 44.4 Å². The molecule has 0 aliphatic heterocycles. The largest absolute Gasteiger partial charge is 0.497 e. The van der Waals surface area contributed by atoms with Gasteiger partial charge in [-0.15, -0.1) is 0 Å². The predicted molar refractivity (Wildman–Crippen MR) is 143 cm³/mol. The first kappa shape index (κ1) is 29.8. The molecule has 0 saturated carbocycles. The van der Waals surface area contributed by atoms with Gasteiger partial charge in [-0.3, -0.25) is 13.9 Å². The maximum Gasteiger partial charge on any atom is 0.244 e. The van der Waals surface area contributed by atoms with Crippen LogP contribution in [0.3, 0.4) is 0 Å². The normalized spacial score (nSPS) is 12.0. The third kappa shape index (κ3) is 8.28. The molecule has 37 heavy (non-hydrogen) atoms. The predicted octanol–water partition coefficient (Wildman–Crippen LogP) is 2.67. The molecule has 1 N–H and O–H groups in total. The van der Waals surface area contributed by atoms with Crippen LogP contribution in [0.5, 0.6) is 17.2 Å². The zero-order valence-electron chi connectivity index (χ0n) is 22.5. The molecule has 0 radical (unpaired) electrons. The van der Waals surface area contributed by atoms with Crippen molar-refractivity contribution in [2.45, 2.75) is 33.4 Å². The Morgan fingerprint density at radius 1 is 0.919 bits per heavy atom. The number of nitrogens with one attached hydrogen (secondary N) is 1. The molecule has 0 fully saturated rings. The smallest absolute Gasteiger partial charge is 0.244 e. The van der Waals surface area contributed by atoms with E-state index in [0.29, 0.717) is 18.0 Å². The lowest BCUT2D eigenvalue weighted by molar-refractivity contribution is -0.139. The Balaban J connectivity index is 2.43. The molecular weight excluding hydrogens is 498 g/mol.